The van der Waals surface area contributed by atoms with Crippen molar-refractivity contribution in [3.63, 3.8) is 0 Å². The highest BCUT2D eigenvalue weighted by Crippen LogP contribution is 2.30. The van der Waals surface area contributed by atoms with Crippen molar-refractivity contribution in [2.75, 3.05) is 19.8 Å². The molecule has 14 heteroatoms. The average molecular weight is 966 g/mol. The highest BCUT2D eigenvalue weighted by Gasteiger charge is 2.51. The molecule has 0 aliphatic carbocycles. The van der Waals surface area contributed by atoms with E-state index in [-0.39, 0.29) is 18.9 Å². The Bertz CT molecular complexity index is 1370. The first kappa shape index (κ1) is 61.8. The summed E-state index contributed by atoms with van der Waals surface area (Å²) in [6, 6.07) is -0.920. The van der Waals surface area contributed by atoms with E-state index in [0.717, 1.165) is 70.6 Å². The van der Waals surface area contributed by atoms with Crippen LogP contribution in [0.3, 0.4) is 0 Å². The number of amides is 1. The van der Waals surface area contributed by atoms with Gasteiger partial charge in [0.05, 0.1) is 32.0 Å². The fourth-order valence-corrected chi connectivity index (χ4v) is 8.40. The van der Waals surface area contributed by atoms with Crippen LogP contribution in [0.15, 0.2) is 60.8 Å². The van der Waals surface area contributed by atoms with Gasteiger partial charge in [0.15, 0.2) is 12.6 Å². The zero-order valence-corrected chi connectivity index (χ0v) is 41.8. The van der Waals surface area contributed by atoms with Crippen molar-refractivity contribution in [1.29, 1.82) is 0 Å². The van der Waals surface area contributed by atoms with Gasteiger partial charge in [-0.15, -0.1) is 0 Å². The average Bonchev–Trinajstić information content (AvgIpc) is 3.34. The minimum absolute atomic E-state index is 0.251. The van der Waals surface area contributed by atoms with E-state index in [4.69, 9.17) is 18.9 Å². The van der Waals surface area contributed by atoms with E-state index in [2.05, 4.69) is 67.8 Å². The van der Waals surface area contributed by atoms with Crippen LogP contribution in [-0.4, -0.2) is 140 Å². The number of ether oxygens (including phenoxy) is 4. The maximum atomic E-state index is 13.2. The second-order valence-corrected chi connectivity index (χ2v) is 18.6. The maximum Gasteiger partial charge on any atom is 0.220 e. The number of unbranched alkanes of at least 4 members (excludes halogenated alkanes) is 19. The lowest BCUT2D eigenvalue weighted by atomic mass is 9.97. The van der Waals surface area contributed by atoms with E-state index in [9.17, 15) is 45.6 Å². The van der Waals surface area contributed by atoms with E-state index in [1.807, 2.05) is 6.08 Å². The van der Waals surface area contributed by atoms with Crippen molar-refractivity contribution in [2.45, 2.75) is 254 Å². The molecule has 9 N–H and O–H groups in total. The number of hydrogen-bond donors (Lipinski definition) is 9. The number of rotatable bonds is 40. The summed E-state index contributed by atoms with van der Waals surface area (Å²) in [4.78, 5) is 13.2. The molecular formula is C54H95NO13. The van der Waals surface area contributed by atoms with Crippen molar-refractivity contribution in [1.82, 2.24) is 5.32 Å². The molecule has 14 nitrogen and oxygen atoms in total. The number of carbonyl (C=O) groups is 1. The van der Waals surface area contributed by atoms with Gasteiger partial charge >= 0.3 is 0 Å². The van der Waals surface area contributed by atoms with Crippen LogP contribution in [0.1, 0.15) is 181 Å². The van der Waals surface area contributed by atoms with Crippen LogP contribution in [0.5, 0.6) is 0 Å². The van der Waals surface area contributed by atoms with Crippen LogP contribution in [0, 0.1) is 0 Å². The van der Waals surface area contributed by atoms with Crippen molar-refractivity contribution in [3.05, 3.63) is 60.8 Å². The Kier molecular flexibility index (Phi) is 36.6. The van der Waals surface area contributed by atoms with Crippen LogP contribution < -0.4 is 5.32 Å². The first-order valence-corrected chi connectivity index (χ1v) is 26.5. The zero-order chi connectivity index (χ0) is 49.6. The first-order chi connectivity index (χ1) is 33.1. The van der Waals surface area contributed by atoms with Crippen molar-refractivity contribution in [3.8, 4) is 0 Å². The van der Waals surface area contributed by atoms with Crippen LogP contribution in [-0.2, 0) is 23.7 Å². The monoisotopic (exact) mass is 966 g/mol. The molecule has 2 aliphatic heterocycles. The lowest BCUT2D eigenvalue weighted by Crippen LogP contribution is -2.65. The van der Waals surface area contributed by atoms with Gasteiger partial charge in [-0.3, -0.25) is 4.79 Å². The summed E-state index contributed by atoms with van der Waals surface area (Å²) in [7, 11) is 0. The Hall–Kier alpha value is -2.31. The summed E-state index contributed by atoms with van der Waals surface area (Å²) in [5, 5.41) is 86.8. The molecule has 1 amide bonds. The van der Waals surface area contributed by atoms with Gasteiger partial charge in [-0.2, -0.15) is 0 Å². The summed E-state index contributed by atoms with van der Waals surface area (Å²) < 4.78 is 22.7. The van der Waals surface area contributed by atoms with Crippen molar-refractivity contribution in [2.24, 2.45) is 0 Å². The summed E-state index contributed by atoms with van der Waals surface area (Å²) >= 11 is 0. The largest absolute Gasteiger partial charge is 0.394 e. The number of nitrogens with one attached hydrogen (secondary N) is 1. The second-order valence-electron chi connectivity index (χ2n) is 18.6. The maximum absolute atomic E-state index is 13.2. The topological polar surface area (TPSA) is 228 Å². The molecular weight excluding hydrogens is 871 g/mol. The Labute approximate surface area is 409 Å². The molecule has 12 unspecified atom stereocenters. The highest BCUT2D eigenvalue weighted by molar-refractivity contribution is 5.76. The smallest absolute Gasteiger partial charge is 0.220 e. The molecule has 2 aliphatic rings. The number of hydrogen-bond acceptors (Lipinski definition) is 13. The predicted molar refractivity (Wildman–Crippen MR) is 267 cm³/mol. The van der Waals surface area contributed by atoms with Gasteiger partial charge in [-0.1, -0.05) is 177 Å². The molecule has 68 heavy (non-hydrogen) atoms. The fourth-order valence-electron chi connectivity index (χ4n) is 8.40. The number of allylic oxidation sites excluding steroid dienone is 9. The summed E-state index contributed by atoms with van der Waals surface area (Å²) in [5.41, 5.74) is 0. The molecule has 0 radical (unpaired) electrons. The van der Waals surface area contributed by atoms with Gasteiger partial charge in [0, 0.05) is 6.42 Å². The van der Waals surface area contributed by atoms with Crippen LogP contribution >= 0.6 is 0 Å². The van der Waals surface area contributed by atoms with Crippen LogP contribution in [0.4, 0.5) is 0 Å². The third-order valence-corrected chi connectivity index (χ3v) is 12.7. The Morgan fingerprint density at radius 3 is 1.56 bits per heavy atom. The van der Waals surface area contributed by atoms with E-state index >= 15 is 0 Å². The van der Waals surface area contributed by atoms with E-state index < -0.39 is 86.8 Å². The normalized spacial score (nSPS) is 26.9. The number of aliphatic hydroxyl groups is 8. The molecule has 0 spiro atoms. The van der Waals surface area contributed by atoms with E-state index in [0.29, 0.717) is 6.42 Å². The van der Waals surface area contributed by atoms with Crippen LogP contribution in [0.2, 0.25) is 0 Å². The summed E-state index contributed by atoms with van der Waals surface area (Å²) in [6.45, 7) is 2.65. The molecule has 2 fully saturated rings. The minimum atomic E-state index is -1.79. The molecule has 394 valence electrons. The molecule has 2 saturated heterocycles. The van der Waals surface area contributed by atoms with Crippen molar-refractivity contribution >= 4 is 5.91 Å². The number of aliphatic hydroxyl groups excluding tert-OH is 8. The third-order valence-electron chi connectivity index (χ3n) is 12.7. The lowest BCUT2D eigenvalue weighted by molar-refractivity contribution is -0.359. The Balaban J connectivity index is 1.81. The highest BCUT2D eigenvalue weighted by atomic mass is 16.7. The second kappa shape index (κ2) is 40.3. The molecule has 0 aromatic rings. The molecule has 0 aromatic heterocycles. The quantitative estimate of drug-likeness (QED) is 0.0215. The first-order valence-electron chi connectivity index (χ1n) is 26.5. The Morgan fingerprint density at radius 1 is 0.544 bits per heavy atom. The molecule has 12 atom stereocenters. The zero-order valence-electron chi connectivity index (χ0n) is 41.8. The van der Waals surface area contributed by atoms with E-state index in [1.165, 1.54) is 83.5 Å². The van der Waals surface area contributed by atoms with E-state index in [1.54, 1.807) is 6.08 Å². The van der Waals surface area contributed by atoms with Gasteiger partial charge in [-0.05, 0) is 57.8 Å². The molecule has 0 aromatic carbocycles. The standard InChI is InChI=1S/C54H95NO13/c1-3-5-7-9-11-13-15-17-18-19-20-21-22-23-24-26-28-30-32-34-36-38-46(59)55-42(43(58)37-35-33-31-29-27-25-16-14-12-10-8-6-4-2)41-65-53-51(64)49(62)52(45(40-57)67-53)68-54-50(63)48(61)47(60)44(39-56)66-54/h5,7,11,13,17-18,20-21,35,37,42-45,47-54,56-58,60-64H,3-4,6,8-10,12,14-16,19,22-34,36,38-41H2,1-2H3,(H,55,59)/b7-5-,13-11-,18-17-,21-20-,37-35+. The fraction of sp³-hybridized carbons (Fsp3) is 0.796. The third kappa shape index (κ3) is 26.8. The number of carbonyl (C=O) groups excluding carboxylic acids is 1. The molecule has 2 heterocycles. The summed E-state index contributed by atoms with van der Waals surface area (Å²) in [5.74, 6) is -0.251. The minimum Gasteiger partial charge on any atom is -0.394 e. The molecule has 0 saturated carbocycles. The van der Waals surface area contributed by atoms with Gasteiger partial charge in [0.1, 0.15) is 48.8 Å². The van der Waals surface area contributed by atoms with Gasteiger partial charge in [0.25, 0.3) is 0 Å². The van der Waals surface area contributed by atoms with Gasteiger partial charge in [-0.25, -0.2) is 0 Å². The predicted octanol–water partition coefficient (Wildman–Crippen LogP) is 7.44. The molecule has 0 bridgehead atoms. The Morgan fingerprint density at radius 2 is 1.01 bits per heavy atom. The van der Waals surface area contributed by atoms with Gasteiger partial charge < -0.3 is 65.1 Å². The molecule has 2 rings (SSSR count). The summed E-state index contributed by atoms with van der Waals surface area (Å²) in [6.07, 6.45) is 32.5. The van der Waals surface area contributed by atoms with Crippen LogP contribution in [0.25, 0.3) is 0 Å². The van der Waals surface area contributed by atoms with Gasteiger partial charge in [0.2, 0.25) is 5.91 Å². The SMILES string of the molecule is CC/C=C\C/C=C\C/C=C\C/C=C\CCCCCCCCCCC(=O)NC(COC1OC(CO)C(OC2OC(CO)C(O)C(O)C2O)C(O)C1O)C(O)/C=C/CCCCCCCCCCCCC. The van der Waals surface area contributed by atoms with Crippen molar-refractivity contribution < 1.29 is 64.6 Å². The lowest BCUT2D eigenvalue weighted by Gasteiger charge is -2.46.